The first-order chi connectivity index (χ1) is 8.27. The molecule has 0 aromatic heterocycles. The molecule has 0 bridgehead atoms. The largest absolute Gasteiger partial charge is 0.481 e. The molecule has 1 fully saturated rings. The summed E-state index contributed by atoms with van der Waals surface area (Å²) < 4.78 is 42.6. The Balaban J connectivity index is 2.55. The standard InChI is InChI=1S/C12H19F3O3/c1-7(11(16)17)8-3-5-9(6-4-8)10(18-2)12(13,14)15/h7-10H,3-6H2,1-2H3,(H,16,17). The van der Waals surface area contributed by atoms with Gasteiger partial charge in [-0.2, -0.15) is 13.2 Å². The molecule has 0 radical (unpaired) electrons. The second kappa shape index (κ2) is 5.91. The summed E-state index contributed by atoms with van der Waals surface area (Å²) in [4.78, 5) is 10.8. The van der Waals surface area contributed by atoms with Gasteiger partial charge in [-0.3, -0.25) is 4.79 Å². The highest BCUT2D eigenvalue weighted by molar-refractivity contribution is 5.69. The van der Waals surface area contributed by atoms with Crippen LogP contribution in [0, 0.1) is 17.8 Å². The summed E-state index contributed by atoms with van der Waals surface area (Å²) in [5.41, 5.74) is 0. The molecule has 0 saturated heterocycles. The van der Waals surface area contributed by atoms with Gasteiger partial charge in [-0.15, -0.1) is 0 Å². The Morgan fingerprint density at radius 2 is 1.67 bits per heavy atom. The Labute approximate surface area is 104 Å². The second-order valence-electron chi connectivity index (χ2n) is 5.00. The van der Waals surface area contributed by atoms with Crippen molar-refractivity contribution in [3.63, 3.8) is 0 Å². The van der Waals surface area contributed by atoms with Crippen LogP contribution < -0.4 is 0 Å². The van der Waals surface area contributed by atoms with Crippen LogP contribution in [0.25, 0.3) is 0 Å². The van der Waals surface area contributed by atoms with Crippen LogP contribution in [0.5, 0.6) is 0 Å². The fourth-order valence-electron chi connectivity index (χ4n) is 2.74. The van der Waals surface area contributed by atoms with Crippen LogP contribution in [-0.2, 0) is 9.53 Å². The number of hydrogen-bond acceptors (Lipinski definition) is 2. The molecule has 2 unspecified atom stereocenters. The number of ether oxygens (including phenoxy) is 1. The molecular formula is C12H19F3O3. The van der Waals surface area contributed by atoms with Crippen LogP contribution in [-0.4, -0.2) is 30.5 Å². The number of carbonyl (C=O) groups is 1. The molecule has 0 aromatic rings. The van der Waals surface area contributed by atoms with Gasteiger partial charge >= 0.3 is 12.1 Å². The summed E-state index contributed by atoms with van der Waals surface area (Å²) >= 11 is 0. The third kappa shape index (κ3) is 3.60. The number of carboxylic acids is 1. The third-order valence-corrected chi connectivity index (χ3v) is 3.92. The van der Waals surface area contributed by atoms with Crippen molar-refractivity contribution in [3.8, 4) is 0 Å². The van der Waals surface area contributed by atoms with E-state index in [1.54, 1.807) is 6.92 Å². The van der Waals surface area contributed by atoms with Crippen LogP contribution in [0.3, 0.4) is 0 Å². The molecule has 0 heterocycles. The molecular weight excluding hydrogens is 249 g/mol. The minimum absolute atomic E-state index is 0.0236. The van der Waals surface area contributed by atoms with E-state index in [9.17, 15) is 18.0 Å². The molecule has 1 aliphatic carbocycles. The summed E-state index contributed by atoms with van der Waals surface area (Å²) in [5, 5.41) is 8.88. The van der Waals surface area contributed by atoms with E-state index in [-0.39, 0.29) is 5.92 Å². The summed E-state index contributed by atoms with van der Waals surface area (Å²) in [5.74, 6) is -1.94. The van der Waals surface area contributed by atoms with E-state index in [4.69, 9.17) is 5.11 Å². The highest BCUT2D eigenvalue weighted by atomic mass is 19.4. The van der Waals surface area contributed by atoms with Gasteiger partial charge in [-0.05, 0) is 37.5 Å². The zero-order chi connectivity index (χ0) is 13.9. The lowest BCUT2D eigenvalue weighted by molar-refractivity contribution is -0.232. The third-order valence-electron chi connectivity index (χ3n) is 3.92. The van der Waals surface area contributed by atoms with Gasteiger partial charge in [0.05, 0.1) is 5.92 Å². The highest BCUT2D eigenvalue weighted by Crippen LogP contribution is 2.40. The molecule has 0 spiro atoms. The van der Waals surface area contributed by atoms with E-state index in [1.807, 2.05) is 0 Å². The molecule has 1 rings (SSSR count). The Kier molecular flexibility index (Phi) is 5.01. The van der Waals surface area contributed by atoms with Gasteiger partial charge in [0.1, 0.15) is 0 Å². The number of alkyl halides is 3. The van der Waals surface area contributed by atoms with Gasteiger partial charge in [0.15, 0.2) is 6.10 Å². The summed E-state index contributed by atoms with van der Waals surface area (Å²) in [6.07, 6.45) is -4.27. The summed E-state index contributed by atoms with van der Waals surface area (Å²) in [6, 6.07) is 0. The Morgan fingerprint density at radius 3 is 2.00 bits per heavy atom. The predicted octanol–water partition coefficient (Wildman–Crippen LogP) is 3.09. The van der Waals surface area contributed by atoms with Crippen molar-refractivity contribution in [3.05, 3.63) is 0 Å². The lowest BCUT2D eigenvalue weighted by atomic mass is 9.74. The van der Waals surface area contributed by atoms with Crippen LogP contribution in [0.4, 0.5) is 13.2 Å². The monoisotopic (exact) mass is 268 g/mol. The van der Waals surface area contributed by atoms with E-state index in [1.165, 1.54) is 0 Å². The van der Waals surface area contributed by atoms with E-state index in [0.717, 1.165) is 7.11 Å². The van der Waals surface area contributed by atoms with Crippen molar-refractivity contribution in [2.45, 2.75) is 44.9 Å². The molecule has 1 N–H and O–H groups in total. The zero-order valence-corrected chi connectivity index (χ0v) is 10.5. The van der Waals surface area contributed by atoms with Crippen LogP contribution in [0.2, 0.25) is 0 Å². The van der Waals surface area contributed by atoms with Crippen LogP contribution in [0.1, 0.15) is 32.6 Å². The zero-order valence-electron chi connectivity index (χ0n) is 10.5. The number of aliphatic carboxylic acids is 1. The van der Waals surface area contributed by atoms with Crippen molar-refractivity contribution >= 4 is 5.97 Å². The molecule has 18 heavy (non-hydrogen) atoms. The molecule has 0 aromatic carbocycles. The Bertz CT molecular complexity index is 283. The van der Waals surface area contributed by atoms with E-state index in [0.29, 0.717) is 25.7 Å². The molecule has 2 atom stereocenters. The van der Waals surface area contributed by atoms with Gasteiger partial charge in [0, 0.05) is 7.11 Å². The average molecular weight is 268 g/mol. The summed E-state index contributed by atoms with van der Waals surface area (Å²) in [7, 11) is 1.07. The number of halogens is 3. The first-order valence-electron chi connectivity index (χ1n) is 6.09. The molecule has 106 valence electrons. The first-order valence-corrected chi connectivity index (χ1v) is 6.09. The van der Waals surface area contributed by atoms with Gasteiger partial charge in [-0.25, -0.2) is 0 Å². The van der Waals surface area contributed by atoms with Crippen molar-refractivity contribution in [1.82, 2.24) is 0 Å². The molecule has 1 saturated carbocycles. The van der Waals surface area contributed by atoms with Crippen molar-refractivity contribution < 1.29 is 27.8 Å². The predicted molar refractivity (Wildman–Crippen MR) is 59.1 cm³/mol. The maximum atomic E-state index is 12.7. The van der Waals surface area contributed by atoms with Crippen LogP contribution >= 0.6 is 0 Å². The highest BCUT2D eigenvalue weighted by Gasteiger charge is 2.46. The van der Waals surface area contributed by atoms with Crippen LogP contribution in [0.15, 0.2) is 0 Å². The summed E-state index contributed by atoms with van der Waals surface area (Å²) in [6.45, 7) is 1.62. The lowest BCUT2D eigenvalue weighted by Crippen LogP contribution is -2.40. The fraction of sp³-hybridized carbons (Fsp3) is 0.917. The quantitative estimate of drug-likeness (QED) is 0.852. The molecule has 0 amide bonds. The minimum atomic E-state index is -4.34. The van der Waals surface area contributed by atoms with Gasteiger partial charge in [0.2, 0.25) is 0 Å². The van der Waals surface area contributed by atoms with E-state index in [2.05, 4.69) is 4.74 Å². The Morgan fingerprint density at radius 1 is 1.22 bits per heavy atom. The maximum absolute atomic E-state index is 12.7. The fourth-order valence-corrected chi connectivity index (χ4v) is 2.74. The van der Waals surface area contributed by atoms with Gasteiger partial charge in [0.25, 0.3) is 0 Å². The molecule has 0 aliphatic heterocycles. The van der Waals surface area contributed by atoms with Crippen molar-refractivity contribution in [2.24, 2.45) is 17.8 Å². The van der Waals surface area contributed by atoms with E-state index >= 15 is 0 Å². The van der Waals surface area contributed by atoms with E-state index < -0.39 is 30.1 Å². The minimum Gasteiger partial charge on any atom is -0.481 e. The normalized spacial score (nSPS) is 28.7. The second-order valence-corrected chi connectivity index (χ2v) is 5.00. The Hall–Kier alpha value is -0.780. The number of methoxy groups -OCH3 is 1. The lowest BCUT2D eigenvalue weighted by Gasteiger charge is -2.35. The smallest absolute Gasteiger partial charge is 0.414 e. The number of hydrogen-bond donors (Lipinski definition) is 1. The van der Waals surface area contributed by atoms with Gasteiger partial charge < -0.3 is 9.84 Å². The number of rotatable bonds is 4. The maximum Gasteiger partial charge on any atom is 0.414 e. The number of carboxylic acid groups (broad SMARTS) is 1. The topological polar surface area (TPSA) is 46.5 Å². The molecule has 6 heteroatoms. The van der Waals surface area contributed by atoms with Gasteiger partial charge in [-0.1, -0.05) is 6.92 Å². The average Bonchev–Trinajstić information content (AvgIpc) is 2.28. The van der Waals surface area contributed by atoms with Crippen molar-refractivity contribution in [2.75, 3.05) is 7.11 Å². The molecule has 1 aliphatic rings. The first kappa shape index (κ1) is 15.3. The van der Waals surface area contributed by atoms with Crippen molar-refractivity contribution in [1.29, 1.82) is 0 Å². The SMILES string of the molecule is COC(C1CCC(C(C)C(=O)O)CC1)C(F)(F)F. The molecule has 3 nitrogen and oxygen atoms in total.